The fraction of sp³-hybridized carbons (Fsp3) is 0.341. The van der Waals surface area contributed by atoms with Crippen molar-refractivity contribution >= 4 is 99.9 Å². The third-order valence-electron chi connectivity index (χ3n) is 19.1. The summed E-state index contributed by atoms with van der Waals surface area (Å²) in [4.78, 5) is 6.48. The minimum absolute atomic E-state index is 0.0122. The molecule has 2 saturated carbocycles. The van der Waals surface area contributed by atoms with Gasteiger partial charge >= 0.3 is 0 Å². The van der Waals surface area contributed by atoms with Crippen LogP contribution < -0.4 is 14.7 Å². The van der Waals surface area contributed by atoms with Gasteiger partial charge in [0.2, 0.25) is 0 Å². The zero-order chi connectivity index (χ0) is 65.3. The Morgan fingerprint density at radius 3 is 1.16 bits per heavy atom. The van der Waals surface area contributed by atoms with Gasteiger partial charge in [0.05, 0.1) is 17.1 Å². The number of para-hydroxylation sites is 6. The molecule has 0 unspecified atom stereocenters. The van der Waals surface area contributed by atoms with Crippen LogP contribution in [-0.4, -0.2) is 21.1 Å². The maximum atomic E-state index is 9.17. The fourth-order valence-electron chi connectivity index (χ4n) is 13.7. The number of fused-ring (bicyclic) bond motifs is 9. The number of nitrogens with zero attached hydrogens (tertiary/aromatic N) is 3. The SMILES string of the molecule is [2H]C(C)(C)c1ccc(N(C)c2cccc3c2oc2c(C(C)(C)C)cccc23)cc1.[2H]C(C)(C)c1ccc(N(C)c2cccc3c2oc2c(C4(C)CCCC4)cccc23)cc1.[2H]C(C)(C)c1ccc(N(C)c2cccc3c2oc2c(C4([2H])CCCCC4)cccc23)cc1. The average molecular weight is 1170 g/mol. The monoisotopic (exact) mass is 1170 g/mol. The van der Waals surface area contributed by atoms with Crippen molar-refractivity contribution in [2.75, 3.05) is 35.8 Å². The lowest BCUT2D eigenvalue weighted by atomic mass is 9.80. The second-order valence-corrected chi connectivity index (χ2v) is 26.8. The van der Waals surface area contributed by atoms with Gasteiger partial charge in [-0.15, -0.1) is 0 Å². The van der Waals surface area contributed by atoms with Gasteiger partial charge in [0.15, 0.2) is 16.7 Å². The second kappa shape index (κ2) is 24.7. The fourth-order valence-corrected chi connectivity index (χ4v) is 13.7. The van der Waals surface area contributed by atoms with Gasteiger partial charge in [-0.3, -0.25) is 0 Å². The standard InChI is InChI=1S/2C28H31NO.C26H29NO/c1-19(2)20-13-15-21(16-14-20)29(4)25-12-8-10-23-22-9-7-11-24(26(22)30-27(23)25)28(3)17-5-6-18-28;1-19(2)20-15-17-22(18-16-20)29(3)26-14-8-13-25-24-12-7-11-23(27(24)30-28(25)26)21-9-5-4-6-10-21;1-17(2)18-13-15-19(16-14-18)27(6)23-12-8-10-21-20-9-7-11-22(26(3,4)5)24(20)28-25(21)23/h7-16,19H,5-6,17-18H2,1-4H3;7-8,11-19,21H,4-6,9-10H2,1-3H3;7-17H,1-6H3/i19D;19D,21D;17D. The van der Waals surface area contributed by atoms with E-state index >= 15 is 0 Å². The molecule has 0 bridgehead atoms. The molecule has 3 heterocycles. The molecule has 2 fully saturated rings. The van der Waals surface area contributed by atoms with Gasteiger partial charge in [0.25, 0.3) is 0 Å². The summed E-state index contributed by atoms with van der Waals surface area (Å²) in [5.74, 6) is -2.37. The summed E-state index contributed by atoms with van der Waals surface area (Å²) in [7, 11) is 6.20. The van der Waals surface area contributed by atoms with Gasteiger partial charge < -0.3 is 28.0 Å². The van der Waals surface area contributed by atoms with Crippen molar-refractivity contribution in [1.82, 2.24) is 0 Å². The quantitative estimate of drug-likeness (QED) is 0.129. The topological polar surface area (TPSA) is 49.1 Å². The Morgan fingerprint density at radius 2 is 0.750 bits per heavy atom. The first-order valence-corrected chi connectivity index (χ1v) is 32.0. The van der Waals surface area contributed by atoms with Crippen LogP contribution in [0.5, 0.6) is 0 Å². The first kappa shape index (κ1) is 55.1. The van der Waals surface area contributed by atoms with E-state index in [0.717, 1.165) is 137 Å². The molecule has 0 aliphatic heterocycles. The molecule has 2 aliphatic rings. The number of benzene rings is 9. The highest BCUT2D eigenvalue weighted by atomic mass is 16.3. The van der Waals surface area contributed by atoms with E-state index in [2.05, 4.69) is 221 Å². The van der Waals surface area contributed by atoms with Crippen LogP contribution in [0.3, 0.4) is 0 Å². The average Bonchev–Trinajstić information content (AvgIpc) is 1.61. The highest BCUT2D eigenvalue weighted by Crippen LogP contribution is 2.48. The summed E-state index contributed by atoms with van der Waals surface area (Å²) in [5, 5.41) is 6.87. The summed E-state index contributed by atoms with van der Waals surface area (Å²) in [6, 6.07) is 63.1. The largest absolute Gasteiger partial charge is 0.454 e. The van der Waals surface area contributed by atoms with Gasteiger partial charge in [0.1, 0.15) is 16.7 Å². The van der Waals surface area contributed by atoms with Crippen molar-refractivity contribution in [3.63, 3.8) is 0 Å². The van der Waals surface area contributed by atoms with Crippen molar-refractivity contribution in [3.05, 3.63) is 215 Å². The predicted octanol–water partition coefficient (Wildman–Crippen LogP) is 24.6. The Morgan fingerprint density at radius 1 is 0.409 bits per heavy atom. The lowest BCUT2D eigenvalue weighted by Crippen LogP contribution is -2.16. The van der Waals surface area contributed by atoms with E-state index in [1.54, 1.807) is 0 Å². The number of rotatable bonds is 11. The first-order valence-electron chi connectivity index (χ1n) is 34.0. The molecule has 0 amide bonds. The van der Waals surface area contributed by atoms with Crippen molar-refractivity contribution < 1.29 is 18.7 Å². The van der Waals surface area contributed by atoms with Crippen LogP contribution in [0.1, 0.15) is 189 Å². The predicted molar refractivity (Wildman–Crippen MR) is 377 cm³/mol. The van der Waals surface area contributed by atoms with Crippen LogP contribution in [0.15, 0.2) is 195 Å². The summed E-state index contributed by atoms with van der Waals surface area (Å²) in [6.07, 6.45) is 10.3. The highest BCUT2D eigenvalue weighted by molar-refractivity contribution is 6.12. The van der Waals surface area contributed by atoms with Crippen molar-refractivity contribution in [2.45, 2.75) is 161 Å². The van der Waals surface area contributed by atoms with Crippen molar-refractivity contribution in [1.29, 1.82) is 0 Å². The van der Waals surface area contributed by atoms with E-state index in [9.17, 15) is 1.37 Å². The number of hydrogen-bond acceptors (Lipinski definition) is 6. The Bertz CT molecular complexity index is 4610. The van der Waals surface area contributed by atoms with Crippen LogP contribution in [-0.2, 0) is 10.8 Å². The van der Waals surface area contributed by atoms with Crippen LogP contribution in [0.2, 0.25) is 0 Å². The second-order valence-electron chi connectivity index (χ2n) is 26.8. The summed E-state index contributed by atoms with van der Waals surface area (Å²) in [6.45, 7) is 20.5. The van der Waals surface area contributed by atoms with Gasteiger partial charge in [-0.2, -0.15) is 0 Å². The normalized spacial score (nSPS) is 16.0. The van der Waals surface area contributed by atoms with E-state index in [0.29, 0.717) is 0 Å². The Kier molecular flexibility index (Phi) is 15.5. The summed E-state index contributed by atoms with van der Waals surface area (Å²) < 4.78 is 53.6. The van der Waals surface area contributed by atoms with E-state index in [1.807, 2.05) is 65.8 Å². The summed E-state index contributed by atoms with van der Waals surface area (Å²) in [5.41, 5.74) is 18.8. The molecule has 12 aromatic rings. The molecule has 0 N–H and O–H groups in total. The molecule has 9 aromatic carbocycles. The minimum atomic E-state index is -0.614. The number of furan rings is 3. The third kappa shape index (κ3) is 11.6. The zero-order valence-electron chi connectivity index (χ0n) is 58.3. The molecule has 6 heteroatoms. The molecule has 14 rings (SSSR count). The molecule has 0 saturated heterocycles. The first-order chi connectivity index (χ1) is 43.6. The maximum absolute atomic E-state index is 9.17. The Labute approximate surface area is 528 Å². The summed E-state index contributed by atoms with van der Waals surface area (Å²) >= 11 is 0. The van der Waals surface area contributed by atoms with Crippen LogP contribution in [0, 0.1) is 0 Å². The molecule has 0 radical (unpaired) electrons. The lowest BCUT2D eigenvalue weighted by Gasteiger charge is -2.24. The van der Waals surface area contributed by atoms with E-state index in [4.69, 9.17) is 17.4 Å². The van der Waals surface area contributed by atoms with Crippen molar-refractivity contribution in [2.24, 2.45) is 0 Å². The molecular formula is C82H91N3O3. The minimum Gasteiger partial charge on any atom is -0.454 e. The Hall–Kier alpha value is -8.22. The van der Waals surface area contributed by atoms with Gasteiger partial charge in [-0.1, -0.05) is 229 Å². The molecule has 452 valence electrons. The van der Waals surface area contributed by atoms with Crippen LogP contribution in [0.4, 0.5) is 34.1 Å². The zero-order valence-corrected chi connectivity index (χ0v) is 54.3. The lowest BCUT2D eigenvalue weighted by molar-refractivity contribution is 0.442. The molecule has 6 nitrogen and oxygen atoms in total. The van der Waals surface area contributed by atoms with Crippen molar-refractivity contribution in [3.8, 4) is 0 Å². The smallest absolute Gasteiger partial charge is 0.159 e. The number of anilines is 6. The van der Waals surface area contributed by atoms with E-state index in [-0.39, 0.29) is 10.8 Å². The number of hydrogen-bond donors (Lipinski definition) is 0. The highest BCUT2D eigenvalue weighted by Gasteiger charge is 2.34. The molecule has 0 atom stereocenters. The van der Waals surface area contributed by atoms with E-state index < -0.39 is 23.6 Å². The molecular weight excluding hydrogens is 1070 g/mol. The molecule has 2 aliphatic carbocycles. The molecule has 88 heavy (non-hydrogen) atoms. The van der Waals surface area contributed by atoms with Crippen LogP contribution >= 0.6 is 0 Å². The third-order valence-corrected chi connectivity index (χ3v) is 19.1. The van der Waals surface area contributed by atoms with Gasteiger partial charge in [-0.25, -0.2) is 0 Å². The maximum Gasteiger partial charge on any atom is 0.159 e. The Balaban J connectivity index is 0.000000133. The molecule has 0 spiro atoms. The van der Waals surface area contributed by atoms with Gasteiger partial charge in [-0.05, 0) is 137 Å². The molecule has 3 aromatic heterocycles. The van der Waals surface area contributed by atoms with Gasteiger partial charge in [0, 0.05) is 87.1 Å². The van der Waals surface area contributed by atoms with E-state index in [1.165, 1.54) is 54.0 Å². The van der Waals surface area contributed by atoms with Crippen LogP contribution in [0.25, 0.3) is 65.8 Å².